The third-order valence-electron chi connectivity index (χ3n) is 3.42. The van der Waals surface area contributed by atoms with Gasteiger partial charge in [-0.3, -0.25) is 4.79 Å². The molecule has 2 aromatic carbocycles. The van der Waals surface area contributed by atoms with Crippen LogP contribution in [-0.4, -0.2) is 27.2 Å². The van der Waals surface area contributed by atoms with E-state index in [-0.39, 0.29) is 5.91 Å². The van der Waals surface area contributed by atoms with Crippen LogP contribution in [0.4, 0.5) is 5.69 Å². The topological polar surface area (TPSA) is 38.8 Å². The first-order valence-electron chi connectivity index (χ1n) is 6.77. The normalized spacial score (nSPS) is 11.8. The van der Waals surface area contributed by atoms with Gasteiger partial charge in [-0.05, 0) is 45.8 Å². The summed E-state index contributed by atoms with van der Waals surface area (Å²) in [5, 5.41) is 0. The largest absolute Gasteiger partial charge is 0.497 e. The molecule has 2 rings (SSSR count). The highest BCUT2D eigenvalue weighted by Gasteiger charge is 2.25. The number of halogens is 1. The van der Waals surface area contributed by atoms with E-state index < -0.39 is 6.10 Å². The molecule has 0 aromatic heterocycles. The predicted molar refractivity (Wildman–Crippen MR) is 90.3 cm³/mol. The number of carbonyl (C=O) groups is 1. The van der Waals surface area contributed by atoms with Crippen LogP contribution in [0.3, 0.4) is 0 Å². The lowest BCUT2D eigenvalue weighted by molar-refractivity contribution is -0.128. The first kappa shape index (κ1) is 16.5. The van der Waals surface area contributed by atoms with Crippen molar-refractivity contribution < 1.29 is 14.3 Å². The van der Waals surface area contributed by atoms with Crippen molar-refractivity contribution in [2.24, 2.45) is 0 Å². The lowest BCUT2D eigenvalue weighted by Crippen LogP contribution is -2.32. The van der Waals surface area contributed by atoms with Crippen LogP contribution in [0.1, 0.15) is 11.7 Å². The number of methoxy groups -OCH3 is 2. The molecule has 0 N–H and O–H groups in total. The van der Waals surface area contributed by atoms with Crippen LogP contribution in [-0.2, 0) is 9.53 Å². The molecule has 5 heteroatoms. The quantitative estimate of drug-likeness (QED) is 0.810. The van der Waals surface area contributed by atoms with Gasteiger partial charge >= 0.3 is 0 Å². The first-order chi connectivity index (χ1) is 10.6. The molecule has 4 nitrogen and oxygen atoms in total. The van der Waals surface area contributed by atoms with E-state index in [2.05, 4.69) is 15.9 Å². The van der Waals surface area contributed by atoms with E-state index in [1.54, 1.807) is 19.1 Å². The summed E-state index contributed by atoms with van der Waals surface area (Å²) >= 11 is 3.46. The van der Waals surface area contributed by atoms with E-state index in [0.717, 1.165) is 21.5 Å². The van der Waals surface area contributed by atoms with Gasteiger partial charge in [-0.1, -0.05) is 24.3 Å². The Morgan fingerprint density at radius 3 is 2.27 bits per heavy atom. The third-order valence-corrected chi connectivity index (χ3v) is 4.09. The van der Waals surface area contributed by atoms with E-state index in [0.29, 0.717) is 0 Å². The van der Waals surface area contributed by atoms with E-state index >= 15 is 0 Å². The van der Waals surface area contributed by atoms with E-state index in [1.807, 2.05) is 48.5 Å². The van der Waals surface area contributed by atoms with Crippen molar-refractivity contribution in [1.29, 1.82) is 0 Å². The second-order valence-corrected chi connectivity index (χ2v) is 5.59. The Labute approximate surface area is 138 Å². The van der Waals surface area contributed by atoms with Crippen LogP contribution in [0.15, 0.2) is 53.0 Å². The molecule has 0 saturated carbocycles. The Balaban J connectivity index is 2.26. The number of hydrogen-bond donors (Lipinski definition) is 0. The maximum Gasteiger partial charge on any atom is 0.260 e. The molecule has 0 aliphatic heterocycles. The third kappa shape index (κ3) is 3.48. The average molecular weight is 364 g/mol. The standard InChI is InChI=1S/C17H18BrNO3/c1-19(15-7-5-4-6-14(15)18)17(20)16(22-3)12-8-10-13(21-2)11-9-12/h4-11,16H,1-3H3. The van der Waals surface area contributed by atoms with Gasteiger partial charge in [0.25, 0.3) is 5.91 Å². The van der Waals surface area contributed by atoms with E-state index in [4.69, 9.17) is 9.47 Å². The number of benzene rings is 2. The summed E-state index contributed by atoms with van der Waals surface area (Å²) < 4.78 is 11.4. The van der Waals surface area contributed by atoms with Crippen LogP contribution in [0.2, 0.25) is 0 Å². The van der Waals surface area contributed by atoms with Crippen molar-refractivity contribution >= 4 is 27.5 Å². The molecule has 2 aromatic rings. The van der Waals surface area contributed by atoms with Gasteiger partial charge in [-0.15, -0.1) is 0 Å². The summed E-state index contributed by atoms with van der Waals surface area (Å²) in [6, 6.07) is 14.9. The fourth-order valence-electron chi connectivity index (χ4n) is 2.18. The van der Waals surface area contributed by atoms with Gasteiger partial charge in [0.2, 0.25) is 0 Å². The van der Waals surface area contributed by atoms with Crippen molar-refractivity contribution in [3.05, 3.63) is 58.6 Å². The molecule has 1 atom stereocenters. The zero-order valence-electron chi connectivity index (χ0n) is 12.7. The highest BCUT2D eigenvalue weighted by atomic mass is 79.9. The fraction of sp³-hybridized carbons (Fsp3) is 0.235. The summed E-state index contributed by atoms with van der Waals surface area (Å²) in [6.07, 6.45) is -0.664. The molecule has 0 fully saturated rings. The molecular formula is C17H18BrNO3. The zero-order valence-corrected chi connectivity index (χ0v) is 14.3. The zero-order chi connectivity index (χ0) is 16.1. The monoisotopic (exact) mass is 363 g/mol. The molecule has 0 spiro atoms. The maximum atomic E-state index is 12.7. The van der Waals surface area contributed by atoms with Gasteiger partial charge in [-0.25, -0.2) is 0 Å². The lowest BCUT2D eigenvalue weighted by atomic mass is 10.1. The fourth-order valence-corrected chi connectivity index (χ4v) is 2.73. The van der Waals surface area contributed by atoms with Crippen LogP contribution in [0.5, 0.6) is 5.75 Å². The lowest BCUT2D eigenvalue weighted by Gasteiger charge is -2.24. The number of carbonyl (C=O) groups excluding carboxylic acids is 1. The number of hydrogen-bond acceptors (Lipinski definition) is 3. The molecule has 0 aliphatic rings. The van der Waals surface area contributed by atoms with Crippen molar-refractivity contribution in [2.45, 2.75) is 6.10 Å². The number of nitrogens with zero attached hydrogens (tertiary/aromatic N) is 1. The van der Waals surface area contributed by atoms with Gasteiger partial charge in [0.05, 0.1) is 12.8 Å². The second kappa shape index (κ2) is 7.42. The number of anilines is 1. The highest BCUT2D eigenvalue weighted by molar-refractivity contribution is 9.10. The summed E-state index contributed by atoms with van der Waals surface area (Å²) in [5.41, 5.74) is 1.58. The van der Waals surface area contributed by atoms with Gasteiger partial charge in [-0.2, -0.15) is 0 Å². The van der Waals surface area contributed by atoms with Gasteiger partial charge in [0.15, 0.2) is 6.10 Å². The molecule has 0 radical (unpaired) electrons. The minimum atomic E-state index is -0.664. The van der Waals surface area contributed by atoms with E-state index in [1.165, 1.54) is 7.11 Å². The minimum absolute atomic E-state index is 0.139. The molecule has 22 heavy (non-hydrogen) atoms. The smallest absolute Gasteiger partial charge is 0.260 e. The Kier molecular flexibility index (Phi) is 5.57. The predicted octanol–water partition coefficient (Wildman–Crippen LogP) is 3.81. The van der Waals surface area contributed by atoms with Crippen molar-refractivity contribution in [3.63, 3.8) is 0 Å². The molecular weight excluding hydrogens is 346 g/mol. The minimum Gasteiger partial charge on any atom is -0.497 e. The second-order valence-electron chi connectivity index (χ2n) is 4.74. The first-order valence-corrected chi connectivity index (χ1v) is 7.56. The Hall–Kier alpha value is -1.85. The Morgan fingerprint density at radius 2 is 1.73 bits per heavy atom. The maximum absolute atomic E-state index is 12.7. The number of para-hydroxylation sites is 1. The van der Waals surface area contributed by atoms with Gasteiger partial charge < -0.3 is 14.4 Å². The summed E-state index contributed by atoms with van der Waals surface area (Å²) in [5.74, 6) is 0.602. The highest BCUT2D eigenvalue weighted by Crippen LogP contribution is 2.28. The molecule has 0 saturated heterocycles. The molecule has 0 bridgehead atoms. The van der Waals surface area contributed by atoms with Gasteiger partial charge in [0, 0.05) is 18.6 Å². The SMILES string of the molecule is COc1ccc(C(OC)C(=O)N(C)c2ccccc2Br)cc1. The van der Waals surface area contributed by atoms with Crippen LogP contribution < -0.4 is 9.64 Å². The van der Waals surface area contributed by atoms with Crippen LogP contribution >= 0.6 is 15.9 Å². The van der Waals surface area contributed by atoms with Crippen molar-refractivity contribution in [3.8, 4) is 5.75 Å². The molecule has 116 valence electrons. The number of ether oxygens (including phenoxy) is 2. The Morgan fingerprint density at radius 1 is 1.09 bits per heavy atom. The number of likely N-dealkylation sites (N-methyl/N-ethyl adjacent to an activating group) is 1. The van der Waals surface area contributed by atoms with Crippen LogP contribution in [0.25, 0.3) is 0 Å². The molecule has 1 unspecified atom stereocenters. The summed E-state index contributed by atoms with van der Waals surface area (Å²) in [4.78, 5) is 14.3. The Bertz CT molecular complexity index is 643. The average Bonchev–Trinajstić information content (AvgIpc) is 2.56. The van der Waals surface area contributed by atoms with Gasteiger partial charge in [0.1, 0.15) is 5.75 Å². The number of amides is 1. The molecule has 1 amide bonds. The molecule has 0 heterocycles. The van der Waals surface area contributed by atoms with Crippen LogP contribution in [0, 0.1) is 0 Å². The molecule has 0 aliphatic carbocycles. The summed E-state index contributed by atoms with van der Waals surface area (Å²) in [6.45, 7) is 0. The number of rotatable bonds is 5. The van der Waals surface area contributed by atoms with Crippen molar-refractivity contribution in [2.75, 3.05) is 26.2 Å². The summed E-state index contributed by atoms with van der Waals surface area (Å²) in [7, 11) is 4.87. The van der Waals surface area contributed by atoms with E-state index in [9.17, 15) is 4.79 Å². The van der Waals surface area contributed by atoms with Crippen molar-refractivity contribution in [1.82, 2.24) is 0 Å².